The highest BCUT2D eigenvalue weighted by atomic mass is 32.2. The predicted molar refractivity (Wildman–Crippen MR) is 103 cm³/mol. The average Bonchev–Trinajstić information content (AvgIpc) is 3.13. The maximum Gasteiger partial charge on any atom is 0.175 e. The first kappa shape index (κ1) is 17.8. The normalized spacial score (nSPS) is 10.6. The lowest BCUT2D eigenvalue weighted by atomic mass is 10.2. The molecule has 0 amide bonds. The lowest BCUT2D eigenvalue weighted by Gasteiger charge is -1.98. The summed E-state index contributed by atoms with van der Waals surface area (Å²) in [5.41, 5.74) is 1.39. The average molecular weight is 387 g/mol. The maximum atomic E-state index is 12.1. The van der Waals surface area contributed by atoms with E-state index in [9.17, 15) is 9.59 Å². The predicted octanol–water partition coefficient (Wildman–Crippen LogP) is 4.49. The van der Waals surface area contributed by atoms with Crippen molar-refractivity contribution in [2.24, 2.45) is 0 Å². The topological polar surface area (TPSA) is 59.9 Å². The number of rotatable bonds is 8. The fraction of sp³-hybridized carbons (Fsp3) is 0.111. The first-order chi connectivity index (χ1) is 12.2. The van der Waals surface area contributed by atoms with Gasteiger partial charge in [-0.15, -0.1) is 10.2 Å². The third-order valence-corrected chi connectivity index (χ3v) is 6.42. The Morgan fingerprint density at radius 3 is 1.52 bits per heavy atom. The minimum absolute atomic E-state index is 0.0641. The van der Waals surface area contributed by atoms with Gasteiger partial charge in [-0.2, -0.15) is 0 Å². The van der Waals surface area contributed by atoms with Gasteiger partial charge in [0.05, 0.1) is 11.5 Å². The van der Waals surface area contributed by atoms with Gasteiger partial charge in [0.1, 0.15) is 0 Å². The third-order valence-electron chi connectivity index (χ3n) is 3.23. The summed E-state index contributed by atoms with van der Waals surface area (Å²) in [6, 6.07) is 18.4. The number of Topliss-reactive ketones (excluding diaryl/α,β-unsaturated/α-hetero) is 2. The zero-order valence-electron chi connectivity index (χ0n) is 13.1. The van der Waals surface area contributed by atoms with E-state index >= 15 is 0 Å². The van der Waals surface area contributed by atoms with Crippen LogP contribution < -0.4 is 0 Å². The van der Waals surface area contributed by atoms with Crippen LogP contribution in [0.25, 0.3) is 0 Å². The van der Waals surface area contributed by atoms with E-state index < -0.39 is 0 Å². The van der Waals surface area contributed by atoms with Gasteiger partial charge >= 0.3 is 0 Å². The monoisotopic (exact) mass is 386 g/mol. The van der Waals surface area contributed by atoms with E-state index in [0.717, 1.165) is 8.68 Å². The standard InChI is InChI=1S/C18H14N2O2S3/c21-15(13-7-3-1-4-8-13)11-23-17-19-20-18(25-17)24-12-16(22)14-9-5-2-6-10-14/h1-10H,11-12H2. The van der Waals surface area contributed by atoms with Crippen molar-refractivity contribution in [3.8, 4) is 0 Å². The molecule has 7 heteroatoms. The summed E-state index contributed by atoms with van der Waals surface area (Å²) in [6.07, 6.45) is 0. The van der Waals surface area contributed by atoms with Crippen molar-refractivity contribution >= 4 is 46.4 Å². The van der Waals surface area contributed by atoms with Gasteiger partial charge in [-0.25, -0.2) is 0 Å². The molecule has 2 aromatic carbocycles. The van der Waals surface area contributed by atoms with Crippen LogP contribution in [-0.2, 0) is 0 Å². The zero-order valence-corrected chi connectivity index (χ0v) is 15.6. The maximum absolute atomic E-state index is 12.1. The summed E-state index contributed by atoms with van der Waals surface area (Å²) in [7, 11) is 0. The molecule has 0 spiro atoms. The number of carbonyl (C=O) groups excluding carboxylic acids is 2. The second kappa shape index (κ2) is 8.94. The van der Waals surface area contributed by atoms with E-state index in [1.54, 1.807) is 24.3 Å². The van der Waals surface area contributed by atoms with Crippen molar-refractivity contribution in [3.05, 3.63) is 71.8 Å². The fourth-order valence-electron chi connectivity index (χ4n) is 1.98. The number of thioether (sulfide) groups is 2. The second-order valence-corrected chi connectivity index (χ2v) is 8.41. The lowest BCUT2D eigenvalue weighted by Crippen LogP contribution is -2.01. The van der Waals surface area contributed by atoms with Crippen molar-refractivity contribution in [1.82, 2.24) is 10.2 Å². The van der Waals surface area contributed by atoms with Gasteiger partial charge in [-0.1, -0.05) is 95.5 Å². The molecule has 0 N–H and O–H groups in total. The molecule has 0 aliphatic heterocycles. The number of hydrogen-bond acceptors (Lipinski definition) is 7. The second-order valence-electron chi connectivity index (χ2n) is 4.99. The van der Waals surface area contributed by atoms with Gasteiger partial charge in [0, 0.05) is 11.1 Å². The third kappa shape index (κ3) is 5.26. The molecule has 0 aliphatic carbocycles. The number of benzene rings is 2. The molecule has 3 rings (SSSR count). The molecule has 0 atom stereocenters. The Labute approximate surface area is 158 Å². The van der Waals surface area contributed by atoms with Crippen molar-refractivity contribution in [3.63, 3.8) is 0 Å². The van der Waals surface area contributed by atoms with Crippen LogP contribution in [0.4, 0.5) is 0 Å². The molecular formula is C18H14N2O2S3. The van der Waals surface area contributed by atoms with E-state index in [2.05, 4.69) is 10.2 Å². The highest BCUT2D eigenvalue weighted by Crippen LogP contribution is 2.29. The van der Waals surface area contributed by atoms with Gasteiger partial charge in [0.2, 0.25) is 0 Å². The van der Waals surface area contributed by atoms with Gasteiger partial charge < -0.3 is 0 Å². The molecule has 0 bridgehead atoms. The highest BCUT2D eigenvalue weighted by molar-refractivity contribution is 8.03. The molecule has 1 aromatic heterocycles. The molecule has 0 radical (unpaired) electrons. The van der Waals surface area contributed by atoms with Crippen LogP contribution in [-0.4, -0.2) is 33.3 Å². The molecule has 25 heavy (non-hydrogen) atoms. The van der Waals surface area contributed by atoms with E-state index in [4.69, 9.17) is 0 Å². The number of aromatic nitrogens is 2. The zero-order chi connectivity index (χ0) is 17.5. The molecule has 0 fully saturated rings. The molecule has 126 valence electrons. The van der Waals surface area contributed by atoms with Crippen LogP contribution in [0, 0.1) is 0 Å². The van der Waals surface area contributed by atoms with Crippen LogP contribution in [0.3, 0.4) is 0 Å². The Balaban J connectivity index is 1.49. The lowest BCUT2D eigenvalue weighted by molar-refractivity contribution is 0.101. The number of nitrogens with zero attached hydrogens (tertiary/aromatic N) is 2. The number of hydrogen-bond donors (Lipinski definition) is 0. The molecular weight excluding hydrogens is 372 g/mol. The largest absolute Gasteiger partial charge is 0.293 e. The summed E-state index contributed by atoms with van der Waals surface area (Å²) < 4.78 is 1.47. The van der Waals surface area contributed by atoms with Crippen molar-refractivity contribution in [2.45, 2.75) is 8.68 Å². The van der Waals surface area contributed by atoms with E-state index in [1.165, 1.54) is 34.9 Å². The highest BCUT2D eigenvalue weighted by Gasteiger charge is 2.12. The first-order valence-corrected chi connectivity index (χ1v) is 10.3. The molecule has 0 saturated heterocycles. The Hall–Kier alpha value is -1.96. The smallest absolute Gasteiger partial charge is 0.175 e. The summed E-state index contributed by atoms with van der Waals surface area (Å²) in [6.45, 7) is 0. The van der Waals surface area contributed by atoms with Crippen LogP contribution in [0.2, 0.25) is 0 Å². The fourth-order valence-corrected chi connectivity index (χ4v) is 4.79. The van der Waals surface area contributed by atoms with Crippen molar-refractivity contribution in [2.75, 3.05) is 11.5 Å². The molecule has 0 unspecified atom stereocenters. The van der Waals surface area contributed by atoms with E-state index in [1.807, 2.05) is 36.4 Å². The van der Waals surface area contributed by atoms with Crippen LogP contribution >= 0.6 is 34.9 Å². The Morgan fingerprint density at radius 1 is 0.720 bits per heavy atom. The summed E-state index contributed by atoms with van der Waals surface area (Å²) in [4.78, 5) is 24.2. The van der Waals surface area contributed by atoms with Crippen LogP contribution in [0.5, 0.6) is 0 Å². The summed E-state index contributed by atoms with van der Waals surface area (Å²) >= 11 is 4.15. The van der Waals surface area contributed by atoms with Gasteiger partial charge in [-0.05, 0) is 0 Å². The van der Waals surface area contributed by atoms with Gasteiger partial charge in [0.15, 0.2) is 20.2 Å². The quantitative estimate of drug-likeness (QED) is 0.420. The SMILES string of the molecule is O=C(CSc1nnc(SCC(=O)c2ccccc2)s1)c1ccccc1. The van der Waals surface area contributed by atoms with E-state index in [-0.39, 0.29) is 11.6 Å². The molecule has 4 nitrogen and oxygen atoms in total. The Bertz CT molecular complexity index is 781. The minimum Gasteiger partial charge on any atom is -0.293 e. The Kier molecular flexibility index (Phi) is 6.38. The van der Waals surface area contributed by atoms with Crippen molar-refractivity contribution < 1.29 is 9.59 Å². The van der Waals surface area contributed by atoms with Crippen LogP contribution in [0.15, 0.2) is 69.3 Å². The van der Waals surface area contributed by atoms with Crippen molar-refractivity contribution in [1.29, 1.82) is 0 Å². The van der Waals surface area contributed by atoms with E-state index in [0.29, 0.717) is 22.6 Å². The summed E-state index contributed by atoms with van der Waals surface area (Å²) in [5, 5.41) is 8.16. The summed E-state index contributed by atoms with van der Waals surface area (Å²) in [5.74, 6) is 0.780. The van der Waals surface area contributed by atoms with Gasteiger partial charge in [0.25, 0.3) is 0 Å². The molecule has 3 aromatic rings. The van der Waals surface area contributed by atoms with Gasteiger partial charge in [-0.3, -0.25) is 9.59 Å². The molecule has 0 saturated carbocycles. The molecule has 1 heterocycles. The minimum atomic E-state index is 0.0641. The number of carbonyl (C=O) groups is 2. The van der Waals surface area contributed by atoms with Crippen LogP contribution in [0.1, 0.15) is 20.7 Å². The first-order valence-electron chi connectivity index (χ1n) is 7.48. The molecule has 0 aliphatic rings. The number of ketones is 2. The Morgan fingerprint density at radius 2 is 1.12 bits per heavy atom.